The predicted molar refractivity (Wildman–Crippen MR) is 122 cm³/mol. The lowest BCUT2D eigenvalue weighted by atomic mass is 10.1. The van der Waals surface area contributed by atoms with Crippen molar-refractivity contribution in [1.82, 2.24) is 10.5 Å². The first-order chi connectivity index (χ1) is 15.6. The molecule has 1 N–H and O–H groups in total. The van der Waals surface area contributed by atoms with Crippen molar-refractivity contribution in [1.29, 1.82) is 0 Å². The van der Waals surface area contributed by atoms with Crippen LogP contribution in [0.15, 0.2) is 53.1 Å². The zero-order chi connectivity index (χ0) is 22.8. The van der Waals surface area contributed by atoms with Gasteiger partial charge in [0, 0.05) is 30.7 Å². The Hall–Kier alpha value is -3.48. The molecule has 1 aromatic heterocycles. The van der Waals surface area contributed by atoms with E-state index in [1.807, 2.05) is 55.5 Å². The Kier molecular flexibility index (Phi) is 8.54. The van der Waals surface area contributed by atoms with E-state index in [1.54, 1.807) is 14.2 Å². The molecule has 0 aliphatic heterocycles. The maximum Gasteiger partial charge on any atom is 0.220 e. The summed E-state index contributed by atoms with van der Waals surface area (Å²) < 4.78 is 21.5. The number of rotatable bonds is 12. The number of amides is 1. The van der Waals surface area contributed by atoms with Gasteiger partial charge in [-0.15, -0.1) is 0 Å². The van der Waals surface area contributed by atoms with Crippen LogP contribution in [0.1, 0.15) is 31.0 Å². The number of nitrogens with one attached hydrogen (secondary N) is 1. The summed E-state index contributed by atoms with van der Waals surface area (Å²) in [6, 6.07) is 15.3. The number of methoxy groups -OCH3 is 2. The second-order valence-corrected chi connectivity index (χ2v) is 7.27. The van der Waals surface area contributed by atoms with Gasteiger partial charge in [0.2, 0.25) is 5.91 Å². The van der Waals surface area contributed by atoms with Gasteiger partial charge in [0.25, 0.3) is 0 Å². The van der Waals surface area contributed by atoms with Crippen LogP contribution < -0.4 is 19.5 Å². The molecule has 0 spiro atoms. The molecule has 7 nitrogen and oxygen atoms in total. The fourth-order valence-corrected chi connectivity index (χ4v) is 3.36. The van der Waals surface area contributed by atoms with Crippen LogP contribution in [0, 0.1) is 0 Å². The number of nitrogens with zero attached hydrogens (tertiary/aromatic N) is 1. The van der Waals surface area contributed by atoms with E-state index in [9.17, 15) is 4.79 Å². The van der Waals surface area contributed by atoms with E-state index in [-0.39, 0.29) is 5.91 Å². The Labute approximate surface area is 188 Å². The van der Waals surface area contributed by atoms with E-state index < -0.39 is 0 Å². The SMILES string of the molecule is CCOc1ccc(-c2cc(CCCC(=O)NCCc3ccc(OC)cc3OC)no2)cc1. The minimum absolute atomic E-state index is 0.0210. The number of hydrogen-bond acceptors (Lipinski definition) is 6. The lowest BCUT2D eigenvalue weighted by Gasteiger charge is -2.11. The van der Waals surface area contributed by atoms with Crippen LogP contribution in [0.5, 0.6) is 17.2 Å². The topological polar surface area (TPSA) is 82.8 Å². The summed E-state index contributed by atoms with van der Waals surface area (Å²) in [5, 5.41) is 7.08. The maximum absolute atomic E-state index is 12.2. The van der Waals surface area contributed by atoms with Crippen LogP contribution in [-0.4, -0.2) is 38.4 Å². The number of carbonyl (C=O) groups is 1. The van der Waals surface area contributed by atoms with Gasteiger partial charge in [-0.25, -0.2) is 0 Å². The molecule has 3 rings (SSSR count). The molecule has 0 unspecified atom stereocenters. The highest BCUT2D eigenvalue weighted by atomic mass is 16.5. The summed E-state index contributed by atoms with van der Waals surface area (Å²) in [6.45, 7) is 3.14. The van der Waals surface area contributed by atoms with Gasteiger partial charge in [-0.1, -0.05) is 11.2 Å². The molecule has 0 aliphatic carbocycles. The number of carbonyl (C=O) groups excluding carboxylic acids is 1. The molecular weight excluding hydrogens is 408 g/mol. The summed E-state index contributed by atoms with van der Waals surface area (Å²) in [7, 11) is 3.25. The number of benzene rings is 2. The maximum atomic E-state index is 12.2. The van der Waals surface area contributed by atoms with E-state index in [0.717, 1.165) is 34.1 Å². The summed E-state index contributed by atoms with van der Waals surface area (Å²) in [5.74, 6) is 3.06. The molecular formula is C25H30N2O5. The smallest absolute Gasteiger partial charge is 0.220 e. The van der Waals surface area contributed by atoms with Gasteiger partial charge in [0.05, 0.1) is 26.5 Å². The summed E-state index contributed by atoms with van der Waals surface area (Å²) >= 11 is 0. The van der Waals surface area contributed by atoms with Crippen LogP contribution in [-0.2, 0) is 17.6 Å². The van der Waals surface area contributed by atoms with E-state index in [4.69, 9.17) is 18.7 Å². The molecule has 0 fully saturated rings. The molecule has 2 aromatic carbocycles. The van der Waals surface area contributed by atoms with Crippen molar-refractivity contribution in [2.45, 2.75) is 32.6 Å². The third kappa shape index (κ3) is 6.51. The fraction of sp³-hybridized carbons (Fsp3) is 0.360. The summed E-state index contributed by atoms with van der Waals surface area (Å²) in [5.41, 5.74) is 2.81. The molecule has 1 amide bonds. The molecule has 0 aliphatic rings. The average molecular weight is 439 g/mol. The highest BCUT2D eigenvalue weighted by Crippen LogP contribution is 2.25. The van der Waals surface area contributed by atoms with Crippen molar-refractivity contribution in [3.63, 3.8) is 0 Å². The van der Waals surface area contributed by atoms with Crippen molar-refractivity contribution in [2.75, 3.05) is 27.4 Å². The Morgan fingerprint density at radius 3 is 2.50 bits per heavy atom. The molecule has 0 atom stereocenters. The Bertz CT molecular complexity index is 998. The van der Waals surface area contributed by atoms with Crippen molar-refractivity contribution in [2.24, 2.45) is 0 Å². The Balaban J connectivity index is 1.40. The lowest BCUT2D eigenvalue weighted by Crippen LogP contribution is -2.25. The van der Waals surface area contributed by atoms with Gasteiger partial charge in [0.15, 0.2) is 5.76 Å². The highest BCUT2D eigenvalue weighted by Gasteiger charge is 2.09. The minimum atomic E-state index is 0.0210. The molecule has 3 aromatic rings. The van der Waals surface area contributed by atoms with Crippen LogP contribution >= 0.6 is 0 Å². The van der Waals surface area contributed by atoms with Gasteiger partial charge < -0.3 is 24.1 Å². The predicted octanol–water partition coefficient (Wildman–Crippen LogP) is 4.44. The van der Waals surface area contributed by atoms with Crippen molar-refractivity contribution in [3.8, 4) is 28.6 Å². The molecule has 0 bridgehead atoms. The van der Waals surface area contributed by atoms with Gasteiger partial charge in [-0.05, 0) is 62.1 Å². The molecule has 0 saturated carbocycles. The zero-order valence-corrected chi connectivity index (χ0v) is 18.8. The van der Waals surface area contributed by atoms with Crippen molar-refractivity contribution in [3.05, 3.63) is 59.8 Å². The standard InChI is InChI=1S/C25H30N2O5/c1-4-31-21-11-8-18(9-12-21)24-16-20(27-32-24)6-5-7-25(28)26-15-14-19-10-13-22(29-2)17-23(19)30-3/h8-13,16-17H,4-7,14-15H2,1-3H3,(H,26,28). The van der Waals surface area contributed by atoms with Crippen molar-refractivity contribution < 1.29 is 23.5 Å². The second kappa shape index (κ2) is 11.8. The number of ether oxygens (including phenoxy) is 3. The fourth-order valence-electron chi connectivity index (χ4n) is 3.36. The van der Waals surface area contributed by atoms with Crippen LogP contribution in [0.25, 0.3) is 11.3 Å². The molecule has 1 heterocycles. The number of hydrogen-bond donors (Lipinski definition) is 1. The van der Waals surface area contributed by atoms with Crippen LogP contribution in [0.2, 0.25) is 0 Å². The summed E-state index contributed by atoms with van der Waals surface area (Å²) in [4.78, 5) is 12.2. The number of aromatic nitrogens is 1. The van der Waals surface area contributed by atoms with Crippen LogP contribution in [0.3, 0.4) is 0 Å². The average Bonchev–Trinajstić information content (AvgIpc) is 3.29. The third-order valence-electron chi connectivity index (χ3n) is 5.06. The number of aryl methyl sites for hydroxylation is 1. The molecule has 170 valence electrons. The first kappa shape index (κ1) is 23.2. The monoisotopic (exact) mass is 438 g/mol. The van der Waals surface area contributed by atoms with Gasteiger partial charge in [-0.3, -0.25) is 4.79 Å². The van der Waals surface area contributed by atoms with Gasteiger partial charge in [0.1, 0.15) is 17.2 Å². The van der Waals surface area contributed by atoms with E-state index >= 15 is 0 Å². The zero-order valence-electron chi connectivity index (χ0n) is 18.8. The Morgan fingerprint density at radius 1 is 1.00 bits per heavy atom. The van der Waals surface area contributed by atoms with Crippen molar-refractivity contribution >= 4 is 5.91 Å². The molecule has 7 heteroatoms. The van der Waals surface area contributed by atoms with E-state index in [2.05, 4.69) is 10.5 Å². The Morgan fingerprint density at radius 2 is 1.78 bits per heavy atom. The lowest BCUT2D eigenvalue weighted by molar-refractivity contribution is -0.121. The third-order valence-corrected chi connectivity index (χ3v) is 5.06. The molecule has 0 radical (unpaired) electrons. The largest absolute Gasteiger partial charge is 0.497 e. The molecule has 32 heavy (non-hydrogen) atoms. The van der Waals surface area contributed by atoms with Gasteiger partial charge >= 0.3 is 0 Å². The normalized spacial score (nSPS) is 10.6. The minimum Gasteiger partial charge on any atom is -0.497 e. The second-order valence-electron chi connectivity index (χ2n) is 7.27. The quantitative estimate of drug-likeness (QED) is 0.450. The first-order valence-corrected chi connectivity index (χ1v) is 10.8. The highest BCUT2D eigenvalue weighted by molar-refractivity contribution is 5.75. The van der Waals surface area contributed by atoms with E-state index in [0.29, 0.717) is 44.6 Å². The summed E-state index contributed by atoms with van der Waals surface area (Å²) in [6.07, 6.45) is 2.51. The van der Waals surface area contributed by atoms with E-state index in [1.165, 1.54) is 0 Å². The first-order valence-electron chi connectivity index (χ1n) is 10.8. The van der Waals surface area contributed by atoms with Crippen LogP contribution in [0.4, 0.5) is 0 Å². The molecule has 0 saturated heterocycles. The van der Waals surface area contributed by atoms with Gasteiger partial charge in [-0.2, -0.15) is 0 Å².